The van der Waals surface area contributed by atoms with Crippen molar-refractivity contribution in [1.82, 2.24) is 14.1 Å². The largest absolute Gasteiger partial charge is 0.481 e. The van der Waals surface area contributed by atoms with Crippen molar-refractivity contribution in [2.24, 2.45) is 7.05 Å². The van der Waals surface area contributed by atoms with Gasteiger partial charge in [-0.3, -0.25) is 9.48 Å². The number of aryl methyl sites for hydroxylation is 1. The fraction of sp³-hybridized carbons (Fsp3) is 0.667. The van der Waals surface area contributed by atoms with Crippen LogP contribution in [0.25, 0.3) is 0 Å². The van der Waals surface area contributed by atoms with Gasteiger partial charge in [0.1, 0.15) is 4.90 Å². The van der Waals surface area contributed by atoms with Gasteiger partial charge in [-0.2, -0.15) is 9.40 Å². The first kappa shape index (κ1) is 15.0. The zero-order valence-electron chi connectivity index (χ0n) is 11.4. The molecular weight excluding hydrogens is 282 g/mol. The van der Waals surface area contributed by atoms with Gasteiger partial charge in [0, 0.05) is 32.3 Å². The SMILES string of the molecule is Cn1cc(S(=O)(=O)N2CCCCC2CCC(=O)O)cn1. The minimum Gasteiger partial charge on any atom is -0.481 e. The summed E-state index contributed by atoms with van der Waals surface area (Å²) in [5, 5.41) is 12.7. The molecule has 0 aromatic carbocycles. The van der Waals surface area contributed by atoms with E-state index in [4.69, 9.17) is 5.11 Å². The Hall–Kier alpha value is -1.41. The van der Waals surface area contributed by atoms with Crippen LogP contribution in [0.4, 0.5) is 0 Å². The van der Waals surface area contributed by atoms with E-state index in [0.717, 1.165) is 12.8 Å². The lowest BCUT2D eigenvalue weighted by Crippen LogP contribution is -2.43. The molecule has 7 nitrogen and oxygen atoms in total. The summed E-state index contributed by atoms with van der Waals surface area (Å²) in [6, 6.07) is -0.231. The smallest absolute Gasteiger partial charge is 0.303 e. The molecule has 20 heavy (non-hydrogen) atoms. The van der Waals surface area contributed by atoms with Crippen molar-refractivity contribution in [3.05, 3.63) is 12.4 Å². The average Bonchev–Trinajstić information content (AvgIpc) is 2.84. The summed E-state index contributed by atoms with van der Waals surface area (Å²) >= 11 is 0. The zero-order valence-corrected chi connectivity index (χ0v) is 12.2. The van der Waals surface area contributed by atoms with Gasteiger partial charge < -0.3 is 5.11 Å². The first-order valence-corrected chi connectivity index (χ1v) is 8.07. The van der Waals surface area contributed by atoms with Gasteiger partial charge in [-0.05, 0) is 19.3 Å². The fourth-order valence-corrected chi connectivity index (χ4v) is 4.25. The van der Waals surface area contributed by atoms with Crippen molar-refractivity contribution < 1.29 is 18.3 Å². The lowest BCUT2D eigenvalue weighted by molar-refractivity contribution is -0.137. The second kappa shape index (κ2) is 5.92. The third-order valence-corrected chi connectivity index (χ3v) is 5.46. The van der Waals surface area contributed by atoms with Crippen LogP contribution in [0.15, 0.2) is 17.3 Å². The quantitative estimate of drug-likeness (QED) is 0.869. The van der Waals surface area contributed by atoms with E-state index in [0.29, 0.717) is 19.4 Å². The zero-order chi connectivity index (χ0) is 14.8. The van der Waals surface area contributed by atoms with Crippen LogP contribution in [0, 0.1) is 0 Å². The number of carboxylic acid groups (broad SMARTS) is 1. The molecule has 1 atom stereocenters. The van der Waals surface area contributed by atoms with E-state index in [9.17, 15) is 13.2 Å². The molecule has 1 saturated heterocycles. The van der Waals surface area contributed by atoms with Crippen molar-refractivity contribution >= 4 is 16.0 Å². The number of hydrogen-bond donors (Lipinski definition) is 1. The summed E-state index contributed by atoms with van der Waals surface area (Å²) < 4.78 is 28.1. The van der Waals surface area contributed by atoms with E-state index in [-0.39, 0.29) is 17.4 Å². The highest BCUT2D eigenvalue weighted by Crippen LogP contribution is 2.27. The van der Waals surface area contributed by atoms with E-state index in [1.54, 1.807) is 7.05 Å². The van der Waals surface area contributed by atoms with Crippen LogP contribution in [0.2, 0.25) is 0 Å². The third-order valence-electron chi connectivity index (χ3n) is 3.55. The van der Waals surface area contributed by atoms with Gasteiger partial charge in [0.2, 0.25) is 10.0 Å². The normalized spacial score (nSPS) is 20.9. The first-order valence-electron chi connectivity index (χ1n) is 6.63. The summed E-state index contributed by atoms with van der Waals surface area (Å²) in [7, 11) is -1.92. The van der Waals surface area contributed by atoms with E-state index in [1.807, 2.05) is 0 Å². The highest BCUT2D eigenvalue weighted by Gasteiger charge is 2.34. The fourth-order valence-electron chi connectivity index (χ4n) is 2.54. The Kier molecular flexibility index (Phi) is 4.44. The highest BCUT2D eigenvalue weighted by molar-refractivity contribution is 7.89. The van der Waals surface area contributed by atoms with Gasteiger partial charge in [0.05, 0.1) is 6.20 Å². The summed E-state index contributed by atoms with van der Waals surface area (Å²) in [4.78, 5) is 10.9. The molecule has 1 N–H and O–H groups in total. The number of nitrogens with zero attached hydrogens (tertiary/aromatic N) is 3. The molecule has 8 heteroatoms. The Morgan fingerprint density at radius 3 is 2.85 bits per heavy atom. The van der Waals surface area contributed by atoms with Gasteiger partial charge in [-0.15, -0.1) is 0 Å². The van der Waals surface area contributed by atoms with Crippen molar-refractivity contribution in [2.45, 2.75) is 43.0 Å². The molecule has 1 aromatic heterocycles. The van der Waals surface area contributed by atoms with Crippen LogP contribution in [0.1, 0.15) is 32.1 Å². The number of carbonyl (C=O) groups is 1. The Labute approximate surface area is 118 Å². The van der Waals surface area contributed by atoms with Gasteiger partial charge in [0.25, 0.3) is 0 Å². The van der Waals surface area contributed by atoms with Crippen molar-refractivity contribution in [1.29, 1.82) is 0 Å². The second-order valence-corrected chi connectivity index (χ2v) is 6.94. The average molecular weight is 301 g/mol. The Bertz CT molecular complexity index is 581. The monoisotopic (exact) mass is 301 g/mol. The molecular formula is C12H19N3O4S. The highest BCUT2D eigenvalue weighted by atomic mass is 32.2. The maximum absolute atomic E-state index is 12.6. The molecule has 0 saturated carbocycles. The topological polar surface area (TPSA) is 92.5 Å². The Morgan fingerprint density at radius 1 is 1.50 bits per heavy atom. The standard InChI is InChI=1S/C12H19N3O4S/c1-14-9-11(8-13-14)20(18,19)15-7-3-2-4-10(15)5-6-12(16)17/h8-10H,2-7H2,1H3,(H,16,17). The Morgan fingerprint density at radius 2 is 2.25 bits per heavy atom. The number of piperidine rings is 1. The summed E-state index contributed by atoms with van der Waals surface area (Å²) in [6.45, 7) is 0.446. The minimum atomic E-state index is -3.58. The molecule has 1 aliphatic heterocycles. The maximum atomic E-state index is 12.6. The van der Waals surface area contributed by atoms with Crippen LogP contribution in [0.5, 0.6) is 0 Å². The molecule has 0 amide bonds. The van der Waals surface area contributed by atoms with Gasteiger partial charge >= 0.3 is 5.97 Å². The van der Waals surface area contributed by atoms with E-state index in [2.05, 4.69) is 5.10 Å². The maximum Gasteiger partial charge on any atom is 0.303 e. The number of carboxylic acids is 1. The van der Waals surface area contributed by atoms with Crippen LogP contribution < -0.4 is 0 Å². The molecule has 0 spiro atoms. The van der Waals surface area contributed by atoms with Crippen molar-refractivity contribution in [3.8, 4) is 0 Å². The molecule has 112 valence electrons. The van der Waals surface area contributed by atoms with Gasteiger partial charge in [-0.25, -0.2) is 8.42 Å². The van der Waals surface area contributed by atoms with Gasteiger partial charge in [-0.1, -0.05) is 6.42 Å². The number of aromatic nitrogens is 2. The molecule has 1 aromatic rings. The molecule has 1 aliphatic rings. The number of hydrogen-bond acceptors (Lipinski definition) is 4. The number of sulfonamides is 1. The van der Waals surface area contributed by atoms with E-state index >= 15 is 0 Å². The molecule has 0 aliphatic carbocycles. The van der Waals surface area contributed by atoms with E-state index < -0.39 is 16.0 Å². The van der Waals surface area contributed by atoms with Crippen LogP contribution >= 0.6 is 0 Å². The predicted octanol–water partition coefficient (Wildman–Crippen LogP) is 0.828. The van der Waals surface area contributed by atoms with Gasteiger partial charge in [0.15, 0.2) is 0 Å². The van der Waals surface area contributed by atoms with E-state index in [1.165, 1.54) is 21.4 Å². The Balaban J connectivity index is 2.20. The molecule has 0 radical (unpaired) electrons. The summed E-state index contributed by atoms with van der Waals surface area (Å²) in [5.41, 5.74) is 0. The van der Waals surface area contributed by atoms with Crippen LogP contribution in [-0.2, 0) is 21.9 Å². The summed E-state index contributed by atoms with van der Waals surface area (Å²) in [5.74, 6) is -0.894. The molecule has 1 fully saturated rings. The van der Waals surface area contributed by atoms with Crippen molar-refractivity contribution in [2.75, 3.05) is 6.54 Å². The minimum absolute atomic E-state index is 0.0102. The molecule has 1 unspecified atom stereocenters. The lowest BCUT2D eigenvalue weighted by Gasteiger charge is -2.34. The van der Waals surface area contributed by atoms with Crippen LogP contribution in [0.3, 0.4) is 0 Å². The first-order chi connectivity index (χ1) is 9.41. The third kappa shape index (κ3) is 3.18. The second-order valence-electron chi connectivity index (χ2n) is 5.05. The molecule has 2 heterocycles. The lowest BCUT2D eigenvalue weighted by atomic mass is 10.0. The van der Waals surface area contributed by atoms with Crippen molar-refractivity contribution in [3.63, 3.8) is 0 Å². The van der Waals surface area contributed by atoms with Crippen LogP contribution in [-0.4, -0.2) is 46.2 Å². The summed E-state index contributed by atoms with van der Waals surface area (Å²) in [6.07, 6.45) is 5.61. The number of aliphatic carboxylic acids is 1. The molecule has 2 rings (SSSR count). The molecule has 0 bridgehead atoms. The number of rotatable bonds is 5. The predicted molar refractivity (Wildman–Crippen MR) is 71.6 cm³/mol.